The molecule has 0 spiro atoms. The molecule has 4 heteroatoms. The van der Waals surface area contributed by atoms with Gasteiger partial charge in [0.1, 0.15) is 0 Å². The Labute approximate surface area is 119 Å². The van der Waals surface area contributed by atoms with E-state index in [2.05, 4.69) is 5.32 Å². The van der Waals surface area contributed by atoms with Crippen LogP contribution in [0, 0.1) is 5.41 Å². The van der Waals surface area contributed by atoms with Crippen LogP contribution >= 0.6 is 0 Å². The Morgan fingerprint density at radius 3 is 2.35 bits per heavy atom. The van der Waals surface area contributed by atoms with E-state index in [0.29, 0.717) is 12.2 Å². The lowest BCUT2D eigenvalue weighted by Gasteiger charge is -2.22. The number of nitrogens with one attached hydrogen (secondary N) is 1. The van der Waals surface area contributed by atoms with Crippen LogP contribution in [-0.2, 0) is 9.53 Å². The van der Waals surface area contributed by atoms with Crippen molar-refractivity contribution in [1.29, 1.82) is 0 Å². The topological polar surface area (TPSA) is 55.4 Å². The molecule has 1 aliphatic rings. The molecule has 0 bridgehead atoms. The zero-order valence-corrected chi connectivity index (χ0v) is 12.1. The monoisotopic (exact) mass is 275 g/mol. The second-order valence-electron chi connectivity index (χ2n) is 5.52. The molecule has 0 aromatic heterocycles. The molecule has 0 atom stereocenters. The Balaban J connectivity index is 2.00. The highest BCUT2D eigenvalue weighted by molar-refractivity contribution is 5.96. The van der Waals surface area contributed by atoms with Crippen LogP contribution in [0.1, 0.15) is 49.9 Å². The number of carbonyl (C=O) groups is 2. The van der Waals surface area contributed by atoms with Crippen molar-refractivity contribution in [2.24, 2.45) is 5.41 Å². The molecule has 4 nitrogen and oxygen atoms in total. The van der Waals surface area contributed by atoms with Gasteiger partial charge in [-0.3, -0.25) is 4.79 Å². The first-order chi connectivity index (χ1) is 9.55. The summed E-state index contributed by atoms with van der Waals surface area (Å²) >= 11 is 0. The standard InChI is InChI=1S/C16H21NO3/c1-3-20-14(18)12-6-8-13(9-7-12)17-15(19)16(2)10-4-5-11-16/h6-9H,3-5,10-11H2,1-2H3,(H,17,19). The zero-order valence-electron chi connectivity index (χ0n) is 12.1. The minimum Gasteiger partial charge on any atom is -0.462 e. The largest absolute Gasteiger partial charge is 0.462 e. The van der Waals surface area contributed by atoms with E-state index in [1.54, 1.807) is 31.2 Å². The predicted octanol–water partition coefficient (Wildman–Crippen LogP) is 3.38. The van der Waals surface area contributed by atoms with Crippen LogP contribution in [0.2, 0.25) is 0 Å². The van der Waals surface area contributed by atoms with Gasteiger partial charge in [-0.2, -0.15) is 0 Å². The number of anilines is 1. The first-order valence-corrected chi connectivity index (χ1v) is 7.14. The summed E-state index contributed by atoms with van der Waals surface area (Å²) in [6.45, 7) is 4.15. The van der Waals surface area contributed by atoms with E-state index in [9.17, 15) is 9.59 Å². The highest BCUT2D eigenvalue weighted by atomic mass is 16.5. The number of hydrogen-bond acceptors (Lipinski definition) is 3. The summed E-state index contributed by atoms with van der Waals surface area (Å²) in [6, 6.07) is 6.82. The van der Waals surface area contributed by atoms with E-state index in [0.717, 1.165) is 31.4 Å². The average molecular weight is 275 g/mol. The van der Waals surface area contributed by atoms with Crippen LogP contribution in [0.25, 0.3) is 0 Å². The summed E-state index contributed by atoms with van der Waals surface area (Å²) < 4.78 is 4.92. The Morgan fingerprint density at radius 2 is 1.80 bits per heavy atom. The smallest absolute Gasteiger partial charge is 0.338 e. The third-order valence-corrected chi connectivity index (χ3v) is 3.91. The van der Waals surface area contributed by atoms with Crippen molar-refractivity contribution >= 4 is 17.6 Å². The Hall–Kier alpha value is -1.84. The lowest BCUT2D eigenvalue weighted by atomic mass is 9.88. The average Bonchev–Trinajstić information content (AvgIpc) is 2.88. The fourth-order valence-electron chi connectivity index (χ4n) is 2.57. The van der Waals surface area contributed by atoms with Crippen molar-refractivity contribution in [3.8, 4) is 0 Å². The minimum atomic E-state index is -0.340. The number of amides is 1. The van der Waals surface area contributed by atoms with Crippen molar-refractivity contribution in [1.82, 2.24) is 0 Å². The third kappa shape index (κ3) is 3.18. The van der Waals surface area contributed by atoms with Gasteiger partial charge in [0.25, 0.3) is 0 Å². The molecule has 0 heterocycles. The number of ether oxygens (including phenoxy) is 1. The summed E-state index contributed by atoms with van der Waals surface area (Å²) in [7, 11) is 0. The number of benzene rings is 1. The summed E-state index contributed by atoms with van der Waals surface area (Å²) in [5, 5.41) is 2.93. The molecule has 20 heavy (non-hydrogen) atoms. The zero-order chi connectivity index (χ0) is 14.6. The van der Waals surface area contributed by atoms with Crippen molar-refractivity contribution < 1.29 is 14.3 Å². The normalized spacial score (nSPS) is 16.7. The second-order valence-corrected chi connectivity index (χ2v) is 5.52. The Bertz CT molecular complexity index is 487. The summed E-state index contributed by atoms with van der Waals surface area (Å²) in [5.74, 6) is -0.271. The Morgan fingerprint density at radius 1 is 1.20 bits per heavy atom. The van der Waals surface area contributed by atoms with Gasteiger partial charge in [-0.15, -0.1) is 0 Å². The van der Waals surface area contributed by atoms with Gasteiger partial charge in [-0.05, 0) is 44.0 Å². The fraction of sp³-hybridized carbons (Fsp3) is 0.500. The Kier molecular flexibility index (Phi) is 4.42. The van der Waals surface area contributed by atoms with Gasteiger partial charge in [0, 0.05) is 11.1 Å². The molecule has 0 radical (unpaired) electrons. The maximum atomic E-state index is 12.3. The van der Waals surface area contributed by atoms with Crippen molar-refractivity contribution in [2.75, 3.05) is 11.9 Å². The molecule has 0 unspecified atom stereocenters. The van der Waals surface area contributed by atoms with Crippen molar-refractivity contribution in [2.45, 2.75) is 39.5 Å². The molecule has 1 aromatic rings. The van der Waals surface area contributed by atoms with E-state index in [1.807, 2.05) is 6.92 Å². The van der Waals surface area contributed by atoms with Crippen LogP contribution in [0.5, 0.6) is 0 Å². The molecule has 1 saturated carbocycles. The van der Waals surface area contributed by atoms with Crippen molar-refractivity contribution in [3.05, 3.63) is 29.8 Å². The van der Waals surface area contributed by atoms with Crippen LogP contribution in [-0.4, -0.2) is 18.5 Å². The SMILES string of the molecule is CCOC(=O)c1ccc(NC(=O)C2(C)CCCC2)cc1. The van der Waals surface area contributed by atoms with Gasteiger partial charge in [0.05, 0.1) is 12.2 Å². The number of carbonyl (C=O) groups excluding carboxylic acids is 2. The van der Waals surface area contributed by atoms with Gasteiger partial charge in [-0.1, -0.05) is 19.8 Å². The van der Waals surface area contributed by atoms with Crippen LogP contribution in [0.3, 0.4) is 0 Å². The van der Waals surface area contributed by atoms with E-state index in [1.165, 1.54) is 0 Å². The molecule has 1 aromatic carbocycles. The van der Waals surface area contributed by atoms with Gasteiger partial charge >= 0.3 is 5.97 Å². The molecule has 1 amide bonds. The van der Waals surface area contributed by atoms with Crippen LogP contribution in [0.4, 0.5) is 5.69 Å². The maximum Gasteiger partial charge on any atom is 0.338 e. The molecule has 1 aliphatic carbocycles. The maximum absolute atomic E-state index is 12.3. The number of rotatable bonds is 4. The molecule has 0 saturated heterocycles. The number of esters is 1. The highest BCUT2D eigenvalue weighted by Crippen LogP contribution is 2.38. The molecule has 0 aliphatic heterocycles. The van der Waals surface area contributed by atoms with Crippen molar-refractivity contribution in [3.63, 3.8) is 0 Å². The quantitative estimate of drug-likeness (QED) is 0.857. The lowest BCUT2D eigenvalue weighted by Crippen LogP contribution is -2.30. The third-order valence-electron chi connectivity index (χ3n) is 3.91. The summed E-state index contributed by atoms with van der Waals surface area (Å²) in [4.78, 5) is 23.8. The first-order valence-electron chi connectivity index (χ1n) is 7.14. The van der Waals surface area contributed by atoms with Gasteiger partial charge in [-0.25, -0.2) is 4.79 Å². The number of hydrogen-bond donors (Lipinski definition) is 1. The van der Waals surface area contributed by atoms with Gasteiger partial charge in [0.15, 0.2) is 0 Å². The molecule has 108 valence electrons. The molecular weight excluding hydrogens is 254 g/mol. The molecule has 2 rings (SSSR count). The van der Waals surface area contributed by atoms with E-state index >= 15 is 0 Å². The lowest BCUT2D eigenvalue weighted by molar-refractivity contribution is -0.124. The fourth-order valence-corrected chi connectivity index (χ4v) is 2.57. The van der Waals surface area contributed by atoms with E-state index < -0.39 is 0 Å². The van der Waals surface area contributed by atoms with Gasteiger partial charge in [0.2, 0.25) is 5.91 Å². The van der Waals surface area contributed by atoms with Crippen LogP contribution < -0.4 is 5.32 Å². The summed E-state index contributed by atoms with van der Waals surface area (Å²) in [6.07, 6.45) is 4.12. The van der Waals surface area contributed by atoms with Crippen LogP contribution in [0.15, 0.2) is 24.3 Å². The minimum absolute atomic E-state index is 0.0684. The first kappa shape index (κ1) is 14.6. The van der Waals surface area contributed by atoms with E-state index in [-0.39, 0.29) is 17.3 Å². The molecule has 1 fully saturated rings. The van der Waals surface area contributed by atoms with E-state index in [4.69, 9.17) is 4.74 Å². The molecular formula is C16H21NO3. The predicted molar refractivity (Wildman–Crippen MR) is 77.6 cm³/mol. The second kappa shape index (κ2) is 6.07. The van der Waals surface area contributed by atoms with Gasteiger partial charge < -0.3 is 10.1 Å². The molecule has 1 N–H and O–H groups in total. The highest BCUT2D eigenvalue weighted by Gasteiger charge is 2.36. The summed E-state index contributed by atoms with van der Waals surface area (Å²) in [5.41, 5.74) is 0.966.